The molecular weight excluding hydrogens is 464 g/mol. The number of ketones is 1. The standard InChI is InChI=1S/C26H32N4O6/c1-36-22-7-3-6-18-17(22)11-20(28-18)26(35)30-12-15-4-2-5-16(15)23(30)25(34)29-19(21(32)13-31)10-14-8-9-27-24(14)33/h3,6-7,11,14-16,19,23,28,31H,2,4-5,8-10,12-13H2,1H3,(H,27,33)(H,29,34)/t14?,15-,16-,19?,23?/m1/s1. The van der Waals surface area contributed by atoms with Crippen LogP contribution in [0, 0.1) is 17.8 Å². The second kappa shape index (κ2) is 9.93. The zero-order valence-electron chi connectivity index (χ0n) is 20.3. The van der Waals surface area contributed by atoms with Gasteiger partial charge in [-0.2, -0.15) is 0 Å². The zero-order chi connectivity index (χ0) is 25.4. The largest absolute Gasteiger partial charge is 0.496 e. The third-order valence-corrected chi connectivity index (χ3v) is 8.04. The molecule has 3 aliphatic rings. The minimum atomic E-state index is -0.980. The number of ether oxygens (including phenoxy) is 1. The third kappa shape index (κ3) is 4.34. The van der Waals surface area contributed by atoms with Gasteiger partial charge >= 0.3 is 0 Å². The number of carbonyl (C=O) groups is 4. The summed E-state index contributed by atoms with van der Waals surface area (Å²) in [6, 6.07) is 5.57. The fourth-order valence-corrected chi connectivity index (χ4v) is 6.22. The number of aliphatic hydroxyl groups excluding tert-OH is 1. The molecule has 2 aromatic rings. The Bertz CT molecular complexity index is 1190. The second-order valence-corrected chi connectivity index (χ2v) is 10.1. The van der Waals surface area contributed by atoms with Crippen LogP contribution in [-0.2, 0) is 14.4 Å². The molecule has 2 aliphatic heterocycles. The number of methoxy groups -OCH3 is 1. The number of amides is 3. The molecule has 5 rings (SSSR count). The molecule has 0 bridgehead atoms. The number of aliphatic hydroxyl groups is 1. The van der Waals surface area contributed by atoms with E-state index in [0.29, 0.717) is 31.0 Å². The number of nitrogens with one attached hydrogen (secondary N) is 3. The molecule has 3 amide bonds. The lowest BCUT2D eigenvalue weighted by Gasteiger charge is -2.29. The van der Waals surface area contributed by atoms with Crippen molar-refractivity contribution in [1.82, 2.24) is 20.5 Å². The Kier molecular flexibility index (Phi) is 6.70. The second-order valence-electron chi connectivity index (χ2n) is 10.1. The van der Waals surface area contributed by atoms with Crippen molar-refractivity contribution in [3.8, 4) is 5.75 Å². The number of fused-ring (bicyclic) bond motifs is 2. The molecule has 1 aromatic heterocycles. The van der Waals surface area contributed by atoms with Crippen molar-refractivity contribution in [3.63, 3.8) is 0 Å². The highest BCUT2D eigenvalue weighted by Gasteiger charge is 2.50. The maximum absolute atomic E-state index is 13.7. The fraction of sp³-hybridized carbons (Fsp3) is 0.538. The van der Waals surface area contributed by atoms with Gasteiger partial charge in [-0.3, -0.25) is 19.2 Å². The summed E-state index contributed by atoms with van der Waals surface area (Å²) >= 11 is 0. The minimum absolute atomic E-state index is 0.00696. The Morgan fingerprint density at radius 1 is 1.25 bits per heavy atom. The Labute approximate surface area is 208 Å². The molecule has 1 aromatic carbocycles. The molecule has 4 N–H and O–H groups in total. The Morgan fingerprint density at radius 3 is 2.81 bits per heavy atom. The summed E-state index contributed by atoms with van der Waals surface area (Å²) in [5, 5.41) is 15.8. The van der Waals surface area contributed by atoms with Crippen molar-refractivity contribution in [3.05, 3.63) is 30.0 Å². The summed E-state index contributed by atoms with van der Waals surface area (Å²) in [5.41, 5.74) is 1.14. The van der Waals surface area contributed by atoms with Gasteiger partial charge in [0.05, 0.1) is 13.2 Å². The fourth-order valence-electron chi connectivity index (χ4n) is 6.22. The van der Waals surface area contributed by atoms with Crippen LogP contribution in [-0.4, -0.2) is 77.4 Å². The lowest BCUT2D eigenvalue weighted by Crippen LogP contribution is -2.53. The monoisotopic (exact) mass is 496 g/mol. The molecule has 3 unspecified atom stereocenters. The maximum atomic E-state index is 13.7. The first-order valence-corrected chi connectivity index (χ1v) is 12.6. The van der Waals surface area contributed by atoms with E-state index in [0.717, 1.165) is 30.2 Å². The van der Waals surface area contributed by atoms with Crippen molar-refractivity contribution in [2.45, 2.75) is 44.2 Å². The van der Waals surface area contributed by atoms with Crippen LogP contribution in [0.5, 0.6) is 5.75 Å². The van der Waals surface area contributed by atoms with Gasteiger partial charge in [-0.15, -0.1) is 0 Å². The van der Waals surface area contributed by atoms with Gasteiger partial charge in [0.25, 0.3) is 5.91 Å². The van der Waals surface area contributed by atoms with Gasteiger partial charge in [0, 0.05) is 29.9 Å². The van der Waals surface area contributed by atoms with Crippen molar-refractivity contribution in [1.29, 1.82) is 0 Å². The van der Waals surface area contributed by atoms with Crippen molar-refractivity contribution >= 4 is 34.4 Å². The van der Waals surface area contributed by atoms with Gasteiger partial charge in [-0.25, -0.2) is 0 Å². The number of benzene rings is 1. The molecule has 36 heavy (non-hydrogen) atoms. The van der Waals surface area contributed by atoms with E-state index in [9.17, 15) is 24.3 Å². The number of nitrogens with zero attached hydrogens (tertiary/aromatic N) is 1. The minimum Gasteiger partial charge on any atom is -0.496 e. The summed E-state index contributed by atoms with van der Waals surface area (Å²) in [6.07, 6.45) is 3.47. The van der Waals surface area contributed by atoms with E-state index in [1.165, 1.54) is 0 Å². The number of hydrogen-bond acceptors (Lipinski definition) is 6. The van der Waals surface area contributed by atoms with Gasteiger partial charge in [0.15, 0.2) is 5.78 Å². The van der Waals surface area contributed by atoms with E-state index in [2.05, 4.69) is 15.6 Å². The molecule has 0 radical (unpaired) electrons. The SMILES string of the molecule is COc1cccc2[nH]c(C(=O)N3C[C@H]4CCC[C@H]4C3C(=O)NC(CC3CCNC3=O)C(=O)CO)cc12. The highest BCUT2D eigenvalue weighted by Crippen LogP contribution is 2.43. The predicted molar refractivity (Wildman–Crippen MR) is 130 cm³/mol. The van der Waals surface area contributed by atoms with Crippen molar-refractivity contribution in [2.75, 3.05) is 26.8 Å². The van der Waals surface area contributed by atoms with Crippen molar-refractivity contribution < 1.29 is 29.0 Å². The average Bonchev–Trinajstić information content (AvgIpc) is 3.66. The quantitative estimate of drug-likeness (QED) is 0.430. The van der Waals surface area contributed by atoms with E-state index in [1.807, 2.05) is 18.2 Å². The molecule has 1 aliphatic carbocycles. The van der Waals surface area contributed by atoms with Crippen LogP contribution in [0.25, 0.3) is 10.9 Å². The van der Waals surface area contributed by atoms with Gasteiger partial charge in [0.2, 0.25) is 11.8 Å². The smallest absolute Gasteiger partial charge is 0.271 e. The summed E-state index contributed by atoms with van der Waals surface area (Å²) in [4.78, 5) is 56.6. The Hall–Kier alpha value is -3.40. The van der Waals surface area contributed by atoms with E-state index >= 15 is 0 Å². The van der Waals surface area contributed by atoms with Gasteiger partial charge in [-0.05, 0) is 55.7 Å². The molecule has 10 heteroatoms. The van der Waals surface area contributed by atoms with Crippen LogP contribution in [0.4, 0.5) is 0 Å². The number of rotatable bonds is 8. The average molecular weight is 497 g/mol. The Balaban J connectivity index is 1.39. The lowest BCUT2D eigenvalue weighted by atomic mass is 9.92. The molecule has 0 spiro atoms. The number of Topliss-reactive ketones (excluding diaryl/α,β-unsaturated/α-hetero) is 1. The zero-order valence-corrected chi connectivity index (χ0v) is 20.3. The van der Waals surface area contributed by atoms with Crippen LogP contribution in [0.15, 0.2) is 24.3 Å². The molecular formula is C26H32N4O6. The molecule has 1 saturated carbocycles. The maximum Gasteiger partial charge on any atom is 0.271 e. The Morgan fingerprint density at radius 2 is 2.08 bits per heavy atom. The number of hydrogen-bond donors (Lipinski definition) is 4. The van der Waals surface area contributed by atoms with Crippen LogP contribution in [0.1, 0.15) is 42.6 Å². The number of likely N-dealkylation sites (tertiary alicyclic amines) is 1. The number of aromatic amines is 1. The first-order chi connectivity index (χ1) is 17.4. The number of aromatic nitrogens is 1. The van der Waals surface area contributed by atoms with E-state index < -0.39 is 36.3 Å². The van der Waals surface area contributed by atoms with Gasteiger partial charge < -0.3 is 30.4 Å². The summed E-state index contributed by atoms with van der Waals surface area (Å²) in [7, 11) is 1.57. The molecule has 3 heterocycles. The summed E-state index contributed by atoms with van der Waals surface area (Å²) < 4.78 is 5.42. The van der Waals surface area contributed by atoms with E-state index in [4.69, 9.17) is 4.74 Å². The normalized spacial score (nSPS) is 26.1. The molecule has 3 fully saturated rings. The van der Waals surface area contributed by atoms with Crippen LogP contribution < -0.4 is 15.4 Å². The lowest BCUT2D eigenvalue weighted by molar-refractivity contribution is -0.133. The summed E-state index contributed by atoms with van der Waals surface area (Å²) in [6.45, 7) is 0.273. The van der Waals surface area contributed by atoms with E-state index in [1.54, 1.807) is 18.1 Å². The predicted octanol–water partition coefficient (Wildman–Crippen LogP) is 0.990. The van der Waals surface area contributed by atoms with Crippen LogP contribution in [0.3, 0.4) is 0 Å². The highest BCUT2D eigenvalue weighted by molar-refractivity contribution is 6.02. The number of carbonyl (C=O) groups excluding carboxylic acids is 4. The van der Waals surface area contributed by atoms with Crippen LogP contribution in [0.2, 0.25) is 0 Å². The van der Waals surface area contributed by atoms with E-state index in [-0.39, 0.29) is 30.1 Å². The molecule has 192 valence electrons. The van der Waals surface area contributed by atoms with Gasteiger partial charge in [0.1, 0.15) is 24.1 Å². The van der Waals surface area contributed by atoms with Gasteiger partial charge in [-0.1, -0.05) is 12.5 Å². The third-order valence-electron chi connectivity index (χ3n) is 8.04. The topological polar surface area (TPSA) is 141 Å². The molecule has 2 saturated heterocycles. The van der Waals surface area contributed by atoms with Crippen molar-refractivity contribution in [2.24, 2.45) is 17.8 Å². The first kappa shape index (κ1) is 24.3. The first-order valence-electron chi connectivity index (χ1n) is 12.6. The summed E-state index contributed by atoms with van der Waals surface area (Å²) in [5.74, 6) is -0.889. The molecule has 10 nitrogen and oxygen atoms in total. The highest BCUT2D eigenvalue weighted by atomic mass is 16.5. The van der Waals surface area contributed by atoms with Crippen LogP contribution >= 0.6 is 0 Å². The number of H-pyrrole nitrogens is 1. The molecule has 5 atom stereocenters.